The molecule has 0 spiro atoms. The van der Waals surface area contributed by atoms with E-state index < -0.39 is 10.0 Å². The van der Waals surface area contributed by atoms with Gasteiger partial charge in [0.25, 0.3) is 0 Å². The maximum Gasteiger partial charge on any atom is 0.242 e. The molecule has 0 radical (unpaired) electrons. The summed E-state index contributed by atoms with van der Waals surface area (Å²) >= 11 is 0. The maximum atomic E-state index is 12.2. The highest BCUT2D eigenvalue weighted by atomic mass is 32.2. The summed E-state index contributed by atoms with van der Waals surface area (Å²) in [4.78, 5) is 11.4. The zero-order chi connectivity index (χ0) is 15.9. The highest BCUT2D eigenvalue weighted by Gasteiger charge is 2.18. The van der Waals surface area contributed by atoms with Gasteiger partial charge in [0.15, 0.2) is 0 Å². The molecule has 6 nitrogen and oxygen atoms in total. The predicted molar refractivity (Wildman–Crippen MR) is 81.0 cm³/mol. The largest absolute Gasteiger partial charge is 0.355 e. The molecule has 0 aliphatic heterocycles. The number of rotatable bonds is 5. The first-order valence-electron chi connectivity index (χ1n) is 6.46. The number of likely N-dealkylation sites (N-methyl/N-ethyl adjacent to an activating group) is 1. The highest BCUT2D eigenvalue weighted by molar-refractivity contribution is 7.89. The lowest BCUT2D eigenvalue weighted by Gasteiger charge is -2.09. The molecule has 0 saturated heterocycles. The summed E-state index contributed by atoms with van der Waals surface area (Å²) in [6.45, 7) is 3.87. The zero-order valence-corrected chi connectivity index (χ0v) is 12.9. The van der Waals surface area contributed by atoms with E-state index in [0.29, 0.717) is 12.1 Å². The predicted octanol–water partition coefficient (Wildman–Crippen LogP) is -0.280. The highest BCUT2D eigenvalue weighted by Crippen LogP contribution is 2.16. The number of aryl methyl sites for hydroxylation is 1. The van der Waals surface area contributed by atoms with Crippen molar-refractivity contribution in [2.75, 3.05) is 19.6 Å². The van der Waals surface area contributed by atoms with Gasteiger partial charge in [-0.15, -0.1) is 0 Å². The van der Waals surface area contributed by atoms with Gasteiger partial charge in [-0.3, -0.25) is 4.79 Å². The second-order valence-electron chi connectivity index (χ2n) is 4.28. The van der Waals surface area contributed by atoms with Crippen molar-refractivity contribution in [3.8, 4) is 11.8 Å². The first-order valence-corrected chi connectivity index (χ1v) is 7.95. The molecule has 0 aliphatic rings. The van der Waals surface area contributed by atoms with Crippen LogP contribution in [0.4, 0.5) is 0 Å². The Morgan fingerprint density at radius 3 is 2.71 bits per heavy atom. The number of nitrogens with two attached hydrogens (primary N) is 1. The molecule has 4 N–H and O–H groups in total. The van der Waals surface area contributed by atoms with Gasteiger partial charge in [0, 0.05) is 12.1 Å². The van der Waals surface area contributed by atoms with E-state index in [-0.39, 0.29) is 23.9 Å². The van der Waals surface area contributed by atoms with Gasteiger partial charge >= 0.3 is 0 Å². The van der Waals surface area contributed by atoms with Gasteiger partial charge in [0.1, 0.15) is 0 Å². The molecule has 1 aromatic rings. The van der Waals surface area contributed by atoms with Crippen molar-refractivity contribution >= 4 is 15.9 Å². The number of benzene rings is 1. The summed E-state index contributed by atoms with van der Waals surface area (Å²) in [6.07, 6.45) is 0. The normalized spacial score (nSPS) is 10.6. The first kappa shape index (κ1) is 17.2. The average molecular weight is 309 g/mol. The van der Waals surface area contributed by atoms with Crippen LogP contribution in [-0.2, 0) is 14.8 Å². The lowest BCUT2D eigenvalue weighted by atomic mass is 10.1. The fourth-order valence-corrected chi connectivity index (χ4v) is 2.74. The van der Waals surface area contributed by atoms with Gasteiger partial charge in [-0.2, -0.15) is 0 Å². The van der Waals surface area contributed by atoms with E-state index in [2.05, 4.69) is 21.9 Å². The Kier molecular flexibility index (Phi) is 6.37. The fourth-order valence-electron chi connectivity index (χ4n) is 1.62. The van der Waals surface area contributed by atoms with Crippen LogP contribution in [-0.4, -0.2) is 34.0 Å². The van der Waals surface area contributed by atoms with Gasteiger partial charge in [-0.25, -0.2) is 13.1 Å². The van der Waals surface area contributed by atoms with Crippen LogP contribution in [0, 0.1) is 18.8 Å². The monoisotopic (exact) mass is 309 g/mol. The minimum absolute atomic E-state index is 0.0401. The number of amides is 1. The van der Waals surface area contributed by atoms with Crippen LogP contribution in [0.25, 0.3) is 0 Å². The van der Waals surface area contributed by atoms with Crippen molar-refractivity contribution in [2.24, 2.45) is 5.73 Å². The summed E-state index contributed by atoms with van der Waals surface area (Å²) in [6, 6.07) is 4.81. The molecule has 0 fully saturated rings. The maximum absolute atomic E-state index is 12.2. The summed E-state index contributed by atoms with van der Waals surface area (Å²) in [5.74, 6) is 4.99. The van der Waals surface area contributed by atoms with Crippen molar-refractivity contribution in [1.82, 2.24) is 10.0 Å². The fraction of sp³-hybridized carbons (Fsp3) is 0.357. The minimum Gasteiger partial charge on any atom is -0.355 e. The molecular weight excluding hydrogens is 290 g/mol. The van der Waals surface area contributed by atoms with Gasteiger partial charge in [0.05, 0.1) is 18.0 Å². The second kappa shape index (κ2) is 7.78. The third kappa shape index (κ3) is 5.19. The molecule has 0 saturated carbocycles. The molecule has 0 bridgehead atoms. The molecule has 7 heteroatoms. The van der Waals surface area contributed by atoms with Crippen LogP contribution in [0.2, 0.25) is 0 Å². The number of sulfonamides is 1. The summed E-state index contributed by atoms with van der Waals surface area (Å²) in [5, 5.41) is 2.52. The molecule has 1 aromatic carbocycles. The van der Waals surface area contributed by atoms with Crippen molar-refractivity contribution in [2.45, 2.75) is 18.7 Å². The van der Waals surface area contributed by atoms with E-state index in [1.165, 1.54) is 6.07 Å². The Hall–Kier alpha value is -1.88. The van der Waals surface area contributed by atoms with Gasteiger partial charge < -0.3 is 11.1 Å². The molecular formula is C14H19N3O3S. The smallest absolute Gasteiger partial charge is 0.242 e. The SMILES string of the molecule is CCNC(=O)CNS(=O)(=O)c1ccc(C)cc1C#CCN. The Morgan fingerprint density at radius 1 is 1.38 bits per heavy atom. The van der Waals surface area contributed by atoms with Crippen LogP contribution >= 0.6 is 0 Å². The van der Waals surface area contributed by atoms with E-state index in [4.69, 9.17) is 5.73 Å². The molecule has 0 unspecified atom stereocenters. The van der Waals surface area contributed by atoms with Gasteiger partial charge in [0.2, 0.25) is 15.9 Å². The van der Waals surface area contributed by atoms with E-state index in [1.807, 2.05) is 6.92 Å². The van der Waals surface area contributed by atoms with Crippen LogP contribution in [0.3, 0.4) is 0 Å². The average Bonchev–Trinajstić information content (AvgIpc) is 2.43. The Labute approximate surface area is 125 Å². The first-order chi connectivity index (χ1) is 9.90. The van der Waals surface area contributed by atoms with Crippen LogP contribution < -0.4 is 15.8 Å². The molecule has 1 rings (SSSR count). The van der Waals surface area contributed by atoms with E-state index >= 15 is 0 Å². The molecule has 21 heavy (non-hydrogen) atoms. The molecule has 0 aliphatic carbocycles. The van der Waals surface area contributed by atoms with E-state index in [0.717, 1.165) is 5.56 Å². The van der Waals surface area contributed by atoms with E-state index in [9.17, 15) is 13.2 Å². The molecule has 0 atom stereocenters. The number of carbonyl (C=O) groups excluding carboxylic acids is 1. The Balaban J connectivity index is 3.05. The van der Waals surface area contributed by atoms with Crippen molar-refractivity contribution in [3.05, 3.63) is 29.3 Å². The number of hydrogen-bond donors (Lipinski definition) is 3. The molecule has 0 aromatic heterocycles. The van der Waals surface area contributed by atoms with Crippen molar-refractivity contribution in [1.29, 1.82) is 0 Å². The number of carbonyl (C=O) groups is 1. The molecule has 1 amide bonds. The third-order valence-electron chi connectivity index (χ3n) is 2.55. The summed E-state index contributed by atoms with van der Waals surface area (Å²) in [7, 11) is -3.81. The lowest BCUT2D eigenvalue weighted by Crippen LogP contribution is -2.37. The standard InChI is InChI=1S/C14H19N3O3S/c1-3-16-14(18)10-17-21(19,20)13-7-6-11(2)9-12(13)5-4-8-15/h6-7,9,17H,3,8,10,15H2,1-2H3,(H,16,18). The third-order valence-corrected chi connectivity index (χ3v) is 4.01. The summed E-state index contributed by atoms with van der Waals surface area (Å²) < 4.78 is 26.7. The lowest BCUT2D eigenvalue weighted by molar-refractivity contribution is -0.119. The Morgan fingerprint density at radius 2 is 2.10 bits per heavy atom. The van der Waals surface area contributed by atoms with Crippen LogP contribution in [0.1, 0.15) is 18.1 Å². The number of hydrogen-bond acceptors (Lipinski definition) is 4. The van der Waals surface area contributed by atoms with Crippen molar-refractivity contribution in [3.63, 3.8) is 0 Å². The molecule has 114 valence electrons. The van der Waals surface area contributed by atoms with Crippen LogP contribution in [0.15, 0.2) is 23.1 Å². The summed E-state index contributed by atoms with van der Waals surface area (Å²) in [5.41, 5.74) is 6.57. The van der Waals surface area contributed by atoms with Crippen LogP contribution in [0.5, 0.6) is 0 Å². The minimum atomic E-state index is -3.81. The Bertz CT molecular complexity index is 672. The molecule has 0 heterocycles. The second-order valence-corrected chi connectivity index (χ2v) is 6.02. The number of nitrogens with one attached hydrogen (secondary N) is 2. The zero-order valence-electron chi connectivity index (χ0n) is 12.1. The van der Waals surface area contributed by atoms with E-state index in [1.54, 1.807) is 19.1 Å². The van der Waals surface area contributed by atoms with Gasteiger partial charge in [-0.1, -0.05) is 17.9 Å². The van der Waals surface area contributed by atoms with Crippen molar-refractivity contribution < 1.29 is 13.2 Å². The quantitative estimate of drug-likeness (QED) is 0.651. The van der Waals surface area contributed by atoms with Gasteiger partial charge in [-0.05, 0) is 31.5 Å². The topological polar surface area (TPSA) is 101 Å².